The Balaban J connectivity index is -0.0000000720. The Labute approximate surface area is 149 Å². The molecule has 0 spiro atoms. The van der Waals surface area contributed by atoms with Crippen molar-refractivity contribution in [1.29, 1.82) is 0 Å². The summed E-state index contributed by atoms with van der Waals surface area (Å²) < 4.78 is 36.4. The zero-order valence-electron chi connectivity index (χ0n) is 10.1. The van der Waals surface area contributed by atoms with Crippen LogP contribution in [0.25, 0.3) is 0 Å². The fourth-order valence-electron chi connectivity index (χ4n) is 0.284. The second kappa shape index (κ2) is 9.83. The first-order chi connectivity index (χ1) is 5.41. The zero-order chi connectivity index (χ0) is 10.9. The van der Waals surface area contributed by atoms with Gasteiger partial charge in [0.1, 0.15) is 0 Å². The van der Waals surface area contributed by atoms with Crippen LogP contribution in [0.1, 0.15) is 2.85 Å². The van der Waals surface area contributed by atoms with E-state index < -0.39 is 23.5 Å². The van der Waals surface area contributed by atoms with Crippen molar-refractivity contribution in [2.75, 3.05) is 0 Å². The quantitative estimate of drug-likeness (QED) is 0.241. The van der Waals surface area contributed by atoms with E-state index in [1.54, 1.807) is 0 Å². The van der Waals surface area contributed by atoms with Crippen LogP contribution in [-0.4, -0.2) is 24.5 Å². The first-order valence-electron chi connectivity index (χ1n) is 2.28. The zero-order valence-corrected chi connectivity index (χ0v) is 16.1. The second-order valence-corrected chi connectivity index (χ2v) is 5.82. The van der Waals surface area contributed by atoms with Gasteiger partial charge in [0.25, 0.3) is 0 Å². The van der Waals surface area contributed by atoms with Gasteiger partial charge in [0.15, 0.2) is 0 Å². The van der Waals surface area contributed by atoms with Crippen molar-refractivity contribution in [2.24, 2.45) is 0 Å². The average Bonchev–Trinajstić information content (AvgIpc) is 1.43. The maximum atomic E-state index is 10.4. The molecule has 0 fully saturated rings. The molecule has 0 aliphatic rings. The minimum Gasteiger partial charge on any atom is -1.00 e. The third-order valence-electron chi connectivity index (χ3n) is 0.419. The Kier molecular flexibility index (Phi) is 16.8. The molecule has 16 heavy (non-hydrogen) atoms. The molecule has 0 saturated heterocycles. The van der Waals surface area contributed by atoms with Gasteiger partial charge in [-0.1, -0.05) is 0 Å². The van der Waals surface area contributed by atoms with Crippen molar-refractivity contribution in [3.05, 3.63) is 0 Å². The van der Waals surface area contributed by atoms with Gasteiger partial charge in [-0.3, -0.25) is 0 Å². The van der Waals surface area contributed by atoms with Crippen LogP contribution >= 0.6 is 23.5 Å². The Morgan fingerprint density at radius 2 is 0.938 bits per heavy atom. The van der Waals surface area contributed by atoms with E-state index in [2.05, 4.69) is 8.62 Å². The largest absolute Gasteiger partial charge is 1.00 e. The normalized spacial score (nSPS) is 11.8. The standard InChI is InChI=1S/2Na.H5O10P3.V.2H/c;;1-11(2,3)9-13(7,8)10-12(4,5)6;;;/h;;(H,7,8)(H2,1,2,3)(H2,4,5,6);;;/q2*+1;;;2*-1. The molecule has 1 radical (unpaired) electrons. The first-order valence-corrected chi connectivity index (χ1v) is 6.83. The fraction of sp³-hybridized carbons (Fsp3) is 0. The molecule has 0 aromatic carbocycles. The van der Waals surface area contributed by atoms with Gasteiger partial charge in [0, 0.05) is 18.6 Å². The maximum Gasteiger partial charge on any atom is 1.00 e. The molecule has 0 aromatic rings. The van der Waals surface area contributed by atoms with Crippen LogP contribution in [0.3, 0.4) is 0 Å². The first kappa shape index (κ1) is 27.4. The molecule has 0 aliphatic heterocycles. The molecule has 0 amide bonds. The van der Waals surface area contributed by atoms with E-state index in [0.717, 1.165) is 0 Å². The molecule has 16 heteroatoms. The summed E-state index contributed by atoms with van der Waals surface area (Å²) in [5, 5.41) is 0. The fourth-order valence-corrected chi connectivity index (χ4v) is 2.82. The summed E-state index contributed by atoms with van der Waals surface area (Å²) in [5.74, 6) is 0. The second-order valence-electron chi connectivity index (χ2n) is 1.61. The molecule has 0 unspecified atom stereocenters. The third kappa shape index (κ3) is 19.3. The Morgan fingerprint density at radius 3 is 1.06 bits per heavy atom. The van der Waals surface area contributed by atoms with Gasteiger partial charge in [-0.2, -0.15) is 8.62 Å². The Morgan fingerprint density at radius 1 is 0.750 bits per heavy atom. The summed E-state index contributed by atoms with van der Waals surface area (Å²) in [6.07, 6.45) is 0. The molecule has 0 rings (SSSR count). The topological polar surface area (TPSA) is 171 Å². The van der Waals surface area contributed by atoms with Crippen molar-refractivity contribution in [3.8, 4) is 0 Å². The molecule has 89 valence electrons. The van der Waals surface area contributed by atoms with E-state index in [9.17, 15) is 13.7 Å². The Hall–Kier alpha value is 2.99. The molecule has 0 bridgehead atoms. The van der Waals surface area contributed by atoms with E-state index in [1.165, 1.54) is 0 Å². The molecular weight excluding hydrogens is 350 g/mol. The predicted octanol–water partition coefficient (Wildman–Crippen LogP) is -6.46. The molecular formula is H7Na2O10P3V. The van der Waals surface area contributed by atoms with Gasteiger partial charge >= 0.3 is 82.6 Å². The van der Waals surface area contributed by atoms with E-state index in [4.69, 9.17) is 24.5 Å². The third-order valence-corrected chi connectivity index (χ3v) is 3.77. The minimum absolute atomic E-state index is 0. The summed E-state index contributed by atoms with van der Waals surface area (Å²) in [6, 6.07) is 0. The minimum atomic E-state index is -5.46. The molecule has 0 saturated carbocycles. The SMILES string of the molecule is O=P(O)(O)OP(=O)(O)OP(=O)(O)O.[H-].[H-].[Na+].[Na+].[V]. The van der Waals surface area contributed by atoms with Gasteiger partial charge in [-0.25, -0.2) is 13.7 Å². The van der Waals surface area contributed by atoms with Crippen molar-refractivity contribution >= 4 is 23.5 Å². The van der Waals surface area contributed by atoms with Crippen molar-refractivity contribution in [2.45, 2.75) is 0 Å². The predicted molar refractivity (Wildman–Crippen MR) is 38.3 cm³/mol. The van der Waals surface area contributed by atoms with Crippen molar-refractivity contribution in [3.63, 3.8) is 0 Å². The summed E-state index contributed by atoms with van der Waals surface area (Å²) in [7, 11) is -16.2. The number of rotatable bonds is 4. The molecule has 0 atom stereocenters. The molecule has 0 heterocycles. The van der Waals surface area contributed by atoms with Crippen LogP contribution in [0, 0.1) is 0 Å². The van der Waals surface area contributed by atoms with E-state index in [1.807, 2.05) is 0 Å². The van der Waals surface area contributed by atoms with Crippen LogP contribution in [0.4, 0.5) is 0 Å². The smallest absolute Gasteiger partial charge is 1.00 e. The number of hydrogen-bond donors (Lipinski definition) is 5. The summed E-state index contributed by atoms with van der Waals surface area (Å²) in [4.78, 5) is 40.2. The summed E-state index contributed by atoms with van der Waals surface area (Å²) in [6.45, 7) is 0. The van der Waals surface area contributed by atoms with Crippen LogP contribution in [0.15, 0.2) is 0 Å². The van der Waals surface area contributed by atoms with E-state index in [0.29, 0.717) is 0 Å². The molecule has 0 aromatic heterocycles. The van der Waals surface area contributed by atoms with Crippen LogP contribution in [0.2, 0.25) is 0 Å². The van der Waals surface area contributed by atoms with Gasteiger partial charge < -0.3 is 27.3 Å². The van der Waals surface area contributed by atoms with Gasteiger partial charge in [0.05, 0.1) is 0 Å². The van der Waals surface area contributed by atoms with Crippen molar-refractivity contribution < 1.29 is 127 Å². The van der Waals surface area contributed by atoms with Crippen LogP contribution in [-0.2, 0) is 40.9 Å². The summed E-state index contributed by atoms with van der Waals surface area (Å²) >= 11 is 0. The Bertz CT molecular complexity index is 295. The summed E-state index contributed by atoms with van der Waals surface area (Å²) in [5.41, 5.74) is 0. The molecule has 0 aliphatic carbocycles. The maximum absolute atomic E-state index is 10.4. The molecule has 10 nitrogen and oxygen atoms in total. The molecule has 5 N–H and O–H groups in total. The van der Waals surface area contributed by atoms with Gasteiger partial charge in [-0.15, -0.1) is 0 Å². The number of hydrogen-bond acceptors (Lipinski definition) is 5. The van der Waals surface area contributed by atoms with Crippen LogP contribution < -0.4 is 59.1 Å². The van der Waals surface area contributed by atoms with E-state index >= 15 is 0 Å². The van der Waals surface area contributed by atoms with Crippen LogP contribution in [0.5, 0.6) is 0 Å². The average molecular weight is 357 g/mol. The number of phosphoric acid groups is 3. The van der Waals surface area contributed by atoms with Crippen molar-refractivity contribution in [1.82, 2.24) is 0 Å². The van der Waals surface area contributed by atoms with Gasteiger partial charge in [-0.05, 0) is 0 Å². The monoisotopic (exact) mass is 357 g/mol. The van der Waals surface area contributed by atoms with Gasteiger partial charge in [0.2, 0.25) is 0 Å². The van der Waals surface area contributed by atoms with E-state index in [-0.39, 0.29) is 80.5 Å².